The third-order valence-electron chi connectivity index (χ3n) is 2.65. The van der Waals surface area contributed by atoms with Crippen molar-refractivity contribution in [3.8, 4) is 12.3 Å². The predicted molar refractivity (Wildman–Crippen MR) is 65.2 cm³/mol. The topological polar surface area (TPSA) is 9.23 Å². The van der Waals surface area contributed by atoms with Crippen LogP contribution in [0.2, 0.25) is 0 Å². The number of terminal acetylenes is 1. The van der Waals surface area contributed by atoms with Crippen LogP contribution in [0.25, 0.3) is 0 Å². The third-order valence-corrected chi connectivity index (χ3v) is 4.91. The van der Waals surface area contributed by atoms with E-state index in [1.807, 2.05) is 0 Å². The molecule has 0 aromatic rings. The molecule has 78 valence electrons. The van der Waals surface area contributed by atoms with E-state index in [4.69, 9.17) is 10.6 Å². The van der Waals surface area contributed by atoms with Crippen LogP contribution in [0.15, 0.2) is 22.6 Å². The Labute approximate surface area is 88.7 Å². The lowest BCUT2D eigenvalue weighted by Crippen LogP contribution is -2.07. The summed E-state index contributed by atoms with van der Waals surface area (Å²) >= 11 is 0. The molecule has 0 spiro atoms. The highest BCUT2D eigenvalue weighted by Crippen LogP contribution is 2.51. The first-order chi connectivity index (χ1) is 6.51. The van der Waals surface area contributed by atoms with E-state index in [1.54, 1.807) is 7.11 Å². The maximum atomic E-state index is 5.51. The van der Waals surface area contributed by atoms with Gasteiger partial charge in [-0.1, -0.05) is 18.9 Å². The first-order valence-electron chi connectivity index (χ1n) is 4.68. The van der Waals surface area contributed by atoms with Gasteiger partial charge in [0.15, 0.2) is 0 Å². The maximum absolute atomic E-state index is 5.51. The fourth-order valence-electron chi connectivity index (χ4n) is 1.40. The molecule has 14 heavy (non-hydrogen) atoms. The zero-order valence-electron chi connectivity index (χ0n) is 9.33. The van der Waals surface area contributed by atoms with E-state index in [0.717, 1.165) is 12.0 Å². The molecule has 0 heterocycles. The largest absolute Gasteiger partial charge is 0.336 e. The molecule has 1 aliphatic rings. The molecular weight excluding hydrogens is 192 g/mol. The SMILES string of the molecule is C#CC1=CC(S(C)(C)OC)=CCC1C. The third kappa shape index (κ3) is 2.23. The van der Waals surface area contributed by atoms with Crippen LogP contribution in [0.3, 0.4) is 0 Å². The van der Waals surface area contributed by atoms with Gasteiger partial charge in [0.1, 0.15) is 0 Å². The first kappa shape index (κ1) is 11.4. The van der Waals surface area contributed by atoms with Gasteiger partial charge >= 0.3 is 0 Å². The van der Waals surface area contributed by atoms with Gasteiger partial charge in [-0.25, -0.2) is 0 Å². The molecule has 1 rings (SSSR count). The number of hydrogen-bond acceptors (Lipinski definition) is 1. The summed E-state index contributed by atoms with van der Waals surface area (Å²) in [5.74, 6) is 3.24. The molecule has 0 aromatic heterocycles. The number of allylic oxidation sites excluding steroid dienone is 3. The smallest absolute Gasteiger partial charge is 0.0486 e. The Balaban J connectivity index is 2.96. The van der Waals surface area contributed by atoms with Crippen LogP contribution in [0.1, 0.15) is 13.3 Å². The Hall–Kier alpha value is -0.650. The summed E-state index contributed by atoms with van der Waals surface area (Å²) in [4.78, 5) is 1.27. The van der Waals surface area contributed by atoms with E-state index in [-0.39, 0.29) is 0 Å². The van der Waals surface area contributed by atoms with Crippen LogP contribution in [0.5, 0.6) is 0 Å². The molecule has 0 aliphatic heterocycles. The van der Waals surface area contributed by atoms with E-state index in [1.165, 1.54) is 4.91 Å². The predicted octanol–water partition coefficient (Wildman–Crippen LogP) is 3.10. The maximum Gasteiger partial charge on any atom is 0.0486 e. The van der Waals surface area contributed by atoms with Gasteiger partial charge in [-0.3, -0.25) is 0 Å². The highest BCUT2D eigenvalue weighted by atomic mass is 32.3. The Morgan fingerprint density at radius 2 is 2.21 bits per heavy atom. The summed E-state index contributed by atoms with van der Waals surface area (Å²) in [5, 5.41) is 0. The summed E-state index contributed by atoms with van der Waals surface area (Å²) < 4.78 is 5.51. The Kier molecular flexibility index (Phi) is 3.47. The molecule has 0 aromatic carbocycles. The lowest BCUT2D eigenvalue weighted by atomic mass is 9.94. The monoisotopic (exact) mass is 210 g/mol. The van der Waals surface area contributed by atoms with Crippen molar-refractivity contribution < 1.29 is 4.18 Å². The highest BCUT2D eigenvalue weighted by molar-refractivity contribution is 8.32. The number of rotatable bonds is 2. The minimum absolute atomic E-state index is 0.482. The average Bonchev–Trinajstić information content (AvgIpc) is 2.18. The second kappa shape index (κ2) is 4.25. The molecule has 1 atom stereocenters. The van der Waals surface area contributed by atoms with Crippen LogP contribution in [0, 0.1) is 18.3 Å². The Bertz CT molecular complexity index is 318. The summed E-state index contributed by atoms with van der Waals surface area (Å²) in [7, 11) is 0.663. The molecular formula is C12H18OS. The van der Waals surface area contributed by atoms with Crippen molar-refractivity contribution in [2.24, 2.45) is 5.92 Å². The van der Waals surface area contributed by atoms with Gasteiger partial charge in [0, 0.05) is 17.6 Å². The first-order valence-corrected chi connectivity index (χ1v) is 7.06. The van der Waals surface area contributed by atoms with Crippen molar-refractivity contribution >= 4 is 10.3 Å². The highest BCUT2D eigenvalue weighted by Gasteiger charge is 2.20. The number of hydrogen-bond donors (Lipinski definition) is 0. The fraction of sp³-hybridized carbons (Fsp3) is 0.500. The van der Waals surface area contributed by atoms with E-state index < -0.39 is 10.3 Å². The van der Waals surface area contributed by atoms with Crippen molar-refractivity contribution in [1.29, 1.82) is 0 Å². The summed E-state index contributed by atoms with van der Waals surface area (Å²) in [6, 6.07) is 0. The Morgan fingerprint density at radius 3 is 2.71 bits per heavy atom. The van der Waals surface area contributed by atoms with Crippen molar-refractivity contribution in [3.63, 3.8) is 0 Å². The van der Waals surface area contributed by atoms with Gasteiger partial charge in [0.2, 0.25) is 0 Å². The summed E-state index contributed by atoms with van der Waals surface area (Å²) in [6.45, 7) is 2.16. The van der Waals surface area contributed by atoms with Gasteiger partial charge in [-0.05, 0) is 30.9 Å². The van der Waals surface area contributed by atoms with Crippen molar-refractivity contribution in [1.82, 2.24) is 0 Å². The van der Waals surface area contributed by atoms with Crippen LogP contribution < -0.4 is 0 Å². The molecule has 0 amide bonds. The van der Waals surface area contributed by atoms with Crippen LogP contribution >= 0.6 is 10.3 Å². The van der Waals surface area contributed by atoms with Crippen molar-refractivity contribution in [2.75, 3.05) is 19.6 Å². The van der Waals surface area contributed by atoms with Gasteiger partial charge in [0.05, 0.1) is 0 Å². The molecule has 0 saturated heterocycles. The van der Waals surface area contributed by atoms with Crippen LogP contribution in [0.4, 0.5) is 0 Å². The van der Waals surface area contributed by atoms with E-state index in [9.17, 15) is 0 Å². The fourth-order valence-corrected chi connectivity index (χ4v) is 2.50. The molecule has 0 saturated carbocycles. The molecule has 0 bridgehead atoms. The van der Waals surface area contributed by atoms with Gasteiger partial charge < -0.3 is 4.18 Å². The second-order valence-corrected chi connectivity index (χ2v) is 7.16. The van der Waals surface area contributed by atoms with Crippen molar-refractivity contribution in [3.05, 3.63) is 22.6 Å². The van der Waals surface area contributed by atoms with Crippen LogP contribution in [-0.2, 0) is 4.18 Å². The van der Waals surface area contributed by atoms with E-state index in [0.29, 0.717) is 5.92 Å². The molecule has 1 unspecified atom stereocenters. The summed E-state index contributed by atoms with van der Waals surface area (Å²) in [6.07, 6.45) is 15.1. The standard InChI is InChI=1S/C12H18OS/c1-6-11-9-12(8-7-10(11)2)14(4,5)13-3/h1,8-10H,7H2,2-5H3. The minimum Gasteiger partial charge on any atom is -0.336 e. The van der Waals surface area contributed by atoms with E-state index in [2.05, 4.69) is 37.5 Å². The van der Waals surface area contributed by atoms with Gasteiger partial charge in [-0.2, -0.15) is 0 Å². The zero-order chi connectivity index (χ0) is 10.8. The quantitative estimate of drug-likeness (QED) is 0.636. The Morgan fingerprint density at radius 1 is 1.57 bits per heavy atom. The lowest BCUT2D eigenvalue weighted by molar-refractivity contribution is 0.475. The molecule has 1 aliphatic carbocycles. The zero-order valence-corrected chi connectivity index (χ0v) is 10.1. The summed E-state index contributed by atoms with van der Waals surface area (Å²) in [5.41, 5.74) is 1.10. The molecule has 2 heteroatoms. The molecule has 0 N–H and O–H groups in total. The molecule has 0 fully saturated rings. The van der Waals surface area contributed by atoms with Crippen LogP contribution in [-0.4, -0.2) is 19.6 Å². The molecule has 1 nitrogen and oxygen atoms in total. The lowest BCUT2D eigenvalue weighted by Gasteiger charge is -2.33. The molecule has 0 radical (unpaired) electrons. The van der Waals surface area contributed by atoms with Gasteiger partial charge in [0.25, 0.3) is 0 Å². The van der Waals surface area contributed by atoms with Gasteiger partial charge in [-0.15, -0.1) is 16.7 Å². The van der Waals surface area contributed by atoms with Crippen molar-refractivity contribution in [2.45, 2.75) is 13.3 Å². The second-order valence-electron chi connectivity index (χ2n) is 3.89. The normalized spacial score (nSPS) is 23.5. The average molecular weight is 210 g/mol. The van der Waals surface area contributed by atoms with E-state index >= 15 is 0 Å². The minimum atomic E-state index is -1.10.